The molecule has 3 aliphatic rings. The molecule has 0 radical (unpaired) electrons. The van der Waals surface area contributed by atoms with Gasteiger partial charge in [0.2, 0.25) is 0 Å². The standard InChI is InChI=1S/C22H33F3/c1-14-3-7-17(8-4-14)18-9-5-16(13-22(18)25)6-10-19-20(23)11-15(2)12-21(19)24/h14-22H,3-5,7-9,11-13H2,1-2H3. The Hall–Kier alpha value is -0.650. The van der Waals surface area contributed by atoms with Crippen molar-refractivity contribution >= 4 is 0 Å². The number of halogens is 3. The van der Waals surface area contributed by atoms with Gasteiger partial charge in [-0.15, -0.1) is 0 Å². The molecule has 0 aromatic rings. The summed E-state index contributed by atoms with van der Waals surface area (Å²) in [5.74, 6) is 6.70. The van der Waals surface area contributed by atoms with E-state index in [0.29, 0.717) is 25.2 Å². The molecule has 3 rings (SSSR count). The number of rotatable bonds is 1. The van der Waals surface area contributed by atoms with Crippen LogP contribution in [0.5, 0.6) is 0 Å². The smallest absolute Gasteiger partial charge is 0.117 e. The SMILES string of the molecule is CC1CCC(C2CCC(C#CC3C(F)CC(C)CC3F)CC2F)CC1. The van der Waals surface area contributed by atoms with Gasteiger partial charge in [0.15, 0.2) is 0 Å². The summed E-state index contributed by atoms with van der Waals surface area (Å²) in [5.41, 5.74) is 0. The fourth-order valence-corrected chi connectivity index (χ4v) is 5.29. The van der Waals surface area contributed by atoms with Crippen molar-refractivity contribution in [3.05, 3.63) is 0 Å². The normalized spacial score (nSPS) is 48.4. The maximum atomic E-state index is 14.7. The summed E-state index contributed by atoms with van der Waals surface area (Å²) in [6.45, 7) is 4.18. The number of alkyl halides is 3. The third-order valence-corrected chi connectivity index (χ3v) is 6.98. The first-order valence-electron chi connectivity index (χ1n) is 10.4. The van der Waals surface area contributed by atoms with E-state index in [4.69, 9.17) is 0 Å². The Morgan fingerprint density at radius 3 is 1.88 bits per heavy atom. The van der Waals surface area contributed by atoms with Gasteiger partial charge in [0.25, 0.3) is 0 Å². The Labute approximate surface area is 151 Å². The molecule has 5 unspecified atom stereocenters. The fraction of sp³-hybridized carbons (Fsp3) is 0.909. The van der Waals surface area contributed by atoms with E-state index in [1.165, 1.54) is 12.8 Å². The minimum atomic E-state index is -1.17. The highest BCUT2D eigenvalue weighted by Gasteiger charge is 2.38. The van der Waals surface area contributed by atoms with Crippen LogP contribution >= 0.6 is 0 Å². The first kappa shape index (κ1) is 19.1. The Morgan fingerprint density at radius 1 is 0.640 bits per heavy atom. The average molecular weight is 355 g/mol. The van der Waals surface area contributed by atoms with Crippen LogP contribution in [0, 0.1) is 47.3 Å². The zero-order valence-corrected chi connectivity index (χ0v) is 15.7. The molecule has 3 fully saturated rings. The average Bonchev–Trinajstić information content (AvgIpc) is 2.55. The maximum absolute atomic E-state index is 14.7. The molecule has 0 aliphatic heterocycles. The lowest BCUT2D eigenvalue weighted by atomic mass is 9.68. The van der Waals surface area contributed by atoms with Crippen molar-refractivity contribution in [1.29, 1.82) is 0 Å². The first-order valence-corrected chi connectivity index (χ1v) is 10.4. The van der Waals surface area contributed by atoms with Gasteiger partial charge in [-0.3, -0.25) is 0 Å². The summed E-state index contributed by atoms with van der Waals surface area (Å²) < 4.78 is 42.9. The van der Waals surface area contributed by atoms with E-state index in [0.717, 1.165) is 31.6 Å². The molecular formula is C22H33F3. The molecule has 0 aromatic carbocycles. The Bertz CT molecular complexity index is 473. The lowest BCUT2D eigenvalue weighted by Crippen LogP contribution is -2.34. The van der Waals surface area contributed by atoms with Crippen molar-refractivity contribution in [2.75, 3.05) is 0 Å². The van der Waals surface area contributed by atoms with Crippen molar-refractivity contribution in [1.82, 2.24) is 0 Å². The van der Waals surface area contributed by atoms with Crippen LogP contribution in [0.1, 0.15) is 71.6 Å². The summed E-state index contributed by atoms with van der Waals surface area (Å²) in [6.07, 6.45) is 4.69. The van der Waals surface area contributed by atoms with E-state index in [9.17, 15) is 13.2 Å². The Morgan fingerprint density at radius 2 is 1.28 bits per heavy atom. The molecule has 3 aliphatic carbocycles. The highest BCUT2D eigenvalue weighted by Crippen LogP contribution is 2.42. The lowest BCUT2D eigenvalue weighted by molar-refractivity contribution is 0.0707. The third-order valence-electron chi connectivity index (χ3n) is 6.98. The number of hydrogen-bond acceptors (Lipinski definition) is 0. The number of hydrogen-bond donors (Lipinski definition) is 0. The molecule has 142 valence electrons. The molecule has 25 heavy (non-hydrogen) atoms. The third kappa shape index (κ3) is 4.75. The van der Waals surface area contributed by atoms with Gasteiger partial charge >= 0.3 is 0 Å². The van der Waals surface area contributed by atoms with Crippen molar-refractivity contribution in [2.24, 2.45) is 35.5 Å². The van der Waals surface area contributed by atoms with E-state index in [1.807, 2.05) is 6.92 Å². The minimum Gasteiger partial charge on any atom is -0.247 e. The summed E-state index contributed by atoms with van der Waals surface area (Å²) in [4.78, 5) is 0. The molecule has 0 spiro atoms. The topological polar surface area (TPSA) is 0 Å². The zero-order chi connectivity index (χ0) is 18.0. The van der Waals surface area contributed by atoms with Crippen LogP contribution in [0.3, 0.4) is 0 Å². The Kier molecular flexibility index (Phi) is 6.39. The predicted molar refractivity (Wildman–Crippen MR) is 96.3 cm³/mol. The Balaban J connectivity index is 1.53. The van der Waals surface area contributed by atoms with Gasteiger partial charge in [-0.25, -0.2) is 13.2 Å². The molecule has 0 amide bonds. The second-order valence-corrected chi connectivity index (χ2v) is 9.13. The highest BCUT2D eigenvalue weighted by atomic mass is 19.1. The van der Waals surface area contributed by atoms with Crippen molar-refractivity contribution in [2.45, 2.75) is 90.1 Å². The van der Waals surface area contributed by atoms with Gasteiger partial charge in [0.05, 0.1) is 5.92 Å². The monoisotopic (exact) mass is 354 g/mol. The quantitative estimate of drug-likeness (QED) is 0.485. The van der Waals surface area contributed by atoms with E-state index < -0.39 is 24.4 Å². The molecule has 0 aromatic heterocycles. The molecule has 0 N–H and O–H groups in total. The second kappa shape index (κ2) is 8.36. The summed E-state index contributed by atoms with van der Waals surface area (Å²) in [6, 6.07) is 0. The lowest BCUT2D eigenvalue weighted by Gasteiger charge is -2.38. The van der Waals surface area contributed by atoms with Gasteiger partial charge in [-0.2, -0.15) is 0 Å². The maximum Gasteiger partial charge on any atom is 0.117 e. The minimum absolute atomic E-state index is 0.0208. The molecule has 0 bridgehead atoms. The van der Waals surface area contributed by atoms with Crippen LogP contribution in [-0.4, -0.2) is 18.5 Å². The van der Waals surface area contributed by atoms with Crippen LogP contribution in [0.4, 0.5) is 13.2 Å². The molecule has 5 atom stereocenters. The van der Waals surface area contributed by atoms with Crippen molar-refractivity contribution < 1.29 is 13.2 Å². The van der Waals surface area contributed by atoms with Gasteiger partial charge in [-0.05, 0) is 68.6 Å². The summed E-state index contributed by atoms with van der Waals surface area (Å²) in [7, 11) is 0. The van der Waals surface area contributed by atoms with E-state index in [2.05, 4.69) is 18.8 Å². The van der Waals surface area contributed by atoms with Gasteiger partial charge in [0, 0.05) is 5.92 Å². The van der Waals surface area contributed by atoms with Crippen LogP contribution in [0.15, 0.2) is 0 Å². The van der Waals surface area contributed by atoms with Crippen LogP contribution in [-0.2, 0) is 0 Å². The van der Waals surface area contributed by atoms with Gasteiger partial charge in [0.1, 0.15) is 18.5 Å². The van der Waals surface area contributed by atoms with E-state index >= 15 is 0 Å². The fourth-order valence-electron chi connectivity index (χ4n) is 5.29. The molecule has 3 saturated carbocycles. The summed E-state index contributed by atoms with van der Waals surface area (Å²) >= 11 is 0. The highest BCUT2D eigenvalue weighted by molar-refractivity contribution is 5.13. The molecule has 0 saturated heterocycles. The molecular weight excluding hydrogens is 321 g/mol. The molecule has 3 heteroatoms. The molecule has 0 heterocycles. The van der Waals surface area contributed by atoms with Gasteiger partial charge in [-0.1, -0.05) is 38.5 Å². The van der Waals surface area contributed by atoms with Crippen LogP contribution < -0.4 is 0 Å². The van der Waals surface area contributed by atoms with Gasteiger partial charge < -0.3 is 0 Å². The van der Waals surface area contributed by atoms with Crippen molar-refractivity contribution in [3.63, 3.8) is 0 Å². The summed E-state index contributed by atoms with van der Waals surface area (Å²) in [5, 5.41) is 0. The molecule has 0 nitrogen and oxygen atoms in total. The van der Waals surface area contributed by atoms with Crippen molar-refractivity contribution in [3.8, 4) is 11.8 Å². The zero-order valence-electron chi connectivity index (χ0n) is 15.7. The predicted octanol–water partition coefficient (Wildman–Crippen LogP) is 6.29. The second-order valence-electron chi connectivity index (χ2n) is 9.13. The first-order chi connectivity index (χ1) is 11.9. The van der Waals surface area contributed by atoms with Crippen LogP contribution in [0.2, 0.25) is 0 Å². The van der Waals surface area contributed by atoms with E-state index in [-0.39, 0.29) is 17.8 Å². The van der Waals surface area contributed by atoms with Crippen LogP contribution in [0.25, 0.3) is 0 Å². The van der Waals surface area contributed by atoms with E-state index in [1.54, 1.807) is 0 Å². The largest absolute Gasteiger partial charge is 0.247 e.